The lowest BCUT2D eigenvalue weighted by Crippen LogP contribution is -2.41. The zero-order valence-electron chi connectivity index (χ0n) is 21.5. The van der Waals surface area contributed by atoms with E-state index < -0.39 is 24.4 Å². The summed E-state index contributed by atoms with van der Waals surface area (Å²) in [5.74, 6) is -0.00883. The highest BCUT2D eigenvalue weighted by atomic mass is 35.5. The van der Waals surface area contributed by atoms with E-state index in [0.29, 0.717) is 16.2 Å². The number of nitrogens with one attached hydrogen (secondary N) is 1. The summed E-state index contributed by atoms with van der Waals surface area (Å²) in [5.41, 5.74) is 5.07. The molecule has 3 aromatic rings. The zero-order valence-corrected chi connectivity index (χ0v) is 22.2. The predicted molar refractivity (Wildman–Crippen MR) is 146 cm³/mol. The fourth-order valence-corrected chi connectivity index (χ4v) is 4.90. The highest BCUT2D eigenvalue weighted by Gasteiger charge is 2.52. The van der Waals surface area contributed by atoms with Crippen molar-refractivity contribution in [1.29, 1.82) is 0 Å². The SMILES string of the molecule is CC1(C)OB(C(=Cc2cccnc2Cl)CNC(=O)OCC2c3ccccc3-c3ccccc32)OC1(C)C. The largest absolute Gasteiger partial charge is 0.492 e. The standard InChI is InChI=1S/C29H30BClN2O4/c1-28(2)29(3,4)37-30(36-28)20(16-19-10-9-15-32-26(19)31)17-33-27(34)35-18-25-23-13-7-5-11-21(23)22-12-6-8-14-24(22)25/h5-16,25H,17-18H2,1-4H3,(H,33,34). The van der Waals surface area contributed by atoms with Crippen LogP contribution < -0.4 is 5.32 Å². The third kappa shape index (κ3) is 5.04. The van der Waals surface area contributed by atoms with Gasteiger partial charge in [-0.1, -0.05) is 72.3 Å². The van der Waals surface area contributed by atoms with Crippen molar-refractivity contribution >= 4 is 30.9 Å². The molecule has 0 saturated carbocycles. The van der Waals surface area contributed by atoms with Gasteiger partial charge >= 0.3 is 13.2 Å². The molecule has 1 aromatic heterocycles. The summed E-state index contributed by atoms with van der Waals surface area (Å²) in [7, 11) is -0.657. The molecule has 1 fully saturated rings. The second-order valence-corrected chi connectivity index (χ2v) is 10.7. The van der Waals surface area contributed by atoms with E-state index >= 15 is 0 Å². The fraction of sp³-hybridized carbons (Fsp3) is 0.310. The molecule has 0 spiro atoms. The van der Waals surface area contributed by atoms with E-state index in [1.54, 1.807) is 12.3 Å². The van der Waals surface area contributed by atoms with E-state index in [1.807, 2.05) is 64.1 Å². The van der Waals surface area contributed by atoms with E-state index in [0.717, 1.165) is 0 Å². The number of fused-ring (bicyclic) bond motifs is 3. The molecule has 1 aliphatic heterocycles. The Morgan fingerprint density at radius 2 is 1.59 bits per heavy atom. The van der Waals surface area contributed by atoms with Gasteiger partial charge in [-0.15, -0.1) is 0 Å². The van der Waals surface area contributed by atoms with Gasteiger partial charge in [0.15, 0.2) is 0 Å². The van der Waals surface area contributed by atoms with Crippen LogP contribution >= 0.6 is 11.6 Å². The van der Waals surface area contributed by atoms with Gasteiger partial charge in [0.1, 0.15) is 11.8 Å². The fourth-order valence-electron chi connectivity index (χ4n) is 4.73. The molecule has 1 amide bonds. The van der Waals surface area contributed by atoms with Crippen LogP contribution in [0.15, 0.2) is 72.3 Å². The van der Waals surface area contributed by atoms with Crippen LogP contribution in [0, 0.1) is 0 Å². The van der Waals surface area contributed by atoms with Gasteiger partial charge in [0.05, 0.1) is 11.2 Å². The number of carbonyl (C=O) groups is 1. The average molecular weight is 517 g/mol. The van der Waals surface area contributed by atoms with Crippen LogP contribution in [0.5, 0.6) is 0 Å². The van der Waals surface area contributed by atoms with E-state index in [4.69, 9.17) is 25.6 Å². The first-order chi connectivity index (χ1) is 17.7. The summed E-state index contributed by atoms with van der Waals surface area (Å²) in [5, 5.41) is 3.23. The van der Waals surface area contributed by atoms with Crippen LogP contribution in [-0.4, -0.2) is 42.5 Å². The number of hydrogen-bond donors (Lipinski definition) is 1. The van der Waals surface area contributed by atoms with Crippen molar-refractivity contribution in [2.45, 2.75) is 44.8 Å². The molecular weight excluding hydrogens is 487 g/mol. The van der Waals surface area contributed by atoms with Crippen molar-refractivity contribution in [3.05, 3.63) is 94.2 Å². The first-order valence-electron chi connectivity index (χ1n) is 12.4. The number of nitrogens with zero attached hydrogens (tertiary/aromatic N) is 1. The summed E-state index contributed by atoms with van der Waals surface area (Å²) in [4.78, 5) is 17.0. The number of amides is 1. The molecule has 190 valence electrons. The summed E-state index contributed by atoms with van der Waals surface area (Å²) < 4.78 is 18.2. The van der Waals surface area contributed by atoms with Gasteiger partial charge in [-0.25, -0.2) is 9.78 Å². The number of pyridine rings is 1. The lowest BCUT2D eigenvalue weighted by atomic mass is 9.77. The summed E-state index contributed by atoms with van der Waals surface area (Å²) in [6, 6.07) is 20.2. The van der Waals surface area contributed by atoms with Crippen LogP contribution in [0.25, 0.3) is 17.2 Å². The number of aromatic nitrogens is 1. The van der Waals surface area contributed by atoms with Crippen molar-refractivity contribution < 1.29 is 18.8 Å². The lowest BCUT2D eigenvalue weighted by molar-refractivity contribution is 0.00578. The van der Waals surface area contributed by atoms with Crippen LogP contribution in [-0.2, 0) is 14.0 Å². The summed E-state index contributed by atoms with van der Waals surface area (Å²) in [6.45, 7) is 8.35. The zero-order chi connectivity index (χ0) is 26.2. The Bertz CT molecular complexity index is 1300. The highest BCUT2D eigenvalue weighted by Crippen LogP contribution is 2.44. The minimum Gasteiger partial charge on any atom is -0.449 e. The number of benzene rings is 2. The molecule has 8 heteroatoms. The van der Waals surface area contributed by atoms with Crippen LogP contribution in [0.4, 0.5) is 4.79 Å². The van der Waals surface area contributed by atoms with Crippen molar-refractivity contribution in [2.24, 2.45) is 0 Å². The van der Waals surface area contributed by atoms with E-state index in [1.165, 1.54) is 22.3 Å². The maximum absolute atomic E-state index is 12.8. The number of alkyl carbamates (subject to hydrolysis) is 1. The Morgan fingerprint density at radius 1 is 1.00 bits per heavy atom. The molecule has 5 rings (SSSR count). The Hall–Kier alpha value is -3.13. The molecule has 0 radical (unpaired) electrons. The quantitative estimate of drug-likeness (QED) is 0.308. The maximum atomic E-state index is 12.8. The molecule has 1 saturated heterocycles. The molecule has 2 heterocycles. The molecule has 1 N–H and O–H groups in total. The Kier molecular flexibility index (Phi) is 6.88. The monoisotopic (exact) mass is 516 g/mol. The second kappa shape index (κ2) is 9.97. The topological polar surface area (TPSA) is 69.7 Å². The summed E-state index contributed by atoms with van der Waals surface area (Å²) >= 11 is 6.31. The smallest absolute Gasteiger partial charge is 0.449 e. The lowest BCUT2D eigenvalue weighted by Gasteiger charge is -2.32. The van der Waals surface area contributed by atoms with Gasteiger partial charge < -0.3 is 19.4 Å². The van der Waals surface area contributed by atoms with Gasteiger partial charge in [-0.2, -0.15) is 0 Å². The first kappa shape index (κ1) is 25.5. The number of carbonyl (C=O) groups excluding carboxylic acids is 1. The van der Waals surface area contributed by atoms with Crippen LogP contribution in [0.3, 0.4) is 0 Å². The molecule has 2 aromatic carbocycles. The normalized spacial score (nSPS) is 17.9. The molecule has 2 aliphatic rings. The third-order valence-corrected chi connectivity index (χ3v) is 7.78. The average Bonchev–Trinajstić information content (AvgIpc) is 3.30. The second-order valence-electron chi connectivity index (χ2n) is 10.4. The first-order valence-corrected chi connectivity index (χ1v) is 12.8. The van der Waals surface area contributed by atoms with Gasteiger partial charge in [-0.3, -0.25) is 0 Å². The summed E-state index contributed by atoms with van der Waals surface area (Å²) in [6.07, 6.45) is 2.96. The highest BCUT2D eigenvalue weighted by molar-refractivity contribution is 6.56. The molecule has 0 bridgehead atoms. The number of halogens is 1. The minimum atomic E-state index is -0.657. The Balaban J connectivity index is 1.30. The van der Waals surface area contributed by atoms with Gasteiger partial charge in [0, 0.05) is 24.2 Å². The molecule has 0 unspecified atom stereocenters. The number of ether oxygens (including phenoxy) is 1. The Labute approximate surface area is 223 Å². The third-order valence-electron chi connectivity index (χ3n) is 7.47. The van der Waals surface area contributed by atoms with Crippen LogP contribution in [0.2, 0.25) is 5.15 Å². The number of rotatable bonds is 6. The van der Waals surface area contributed by atoms with Crippen molar-refractivity contribution in [2.75, 3.05) is 13.2 Å². The van der Waals surface area contributed by atoms with Crippen molar-refractivity contribution in [1.82, 2.24) is 10.3 Å². The molecule has 6 nitrogen and oxygen atoms in total. The van der Waals surface area contributed by atoms with Crippen molar-refractivity contribution in [3.63, 3.8) is 0 Å². The van der Waals surface area contributed by atoms with Gasteiger partial charge in [-0.05, 0) is 61.5 Å². The van der Waals surface area contributed by atoms with E-state index in [-0.39, 0.29) is 19.1 Å². The van der Waals surface area contributed by atoms with Gasteiger partial charge in [0.2, 0.25) is 0 Å². The molecule has 37 heavy (non-hydrogen) atoms. The number of hydrogen-bond acceptors (Lipinski definition) is 5. The minimum absolute atomic E-state index is 0.00883. The molecular formula is C29H30BClN2O4. The maximum Gasteiger partial charge on any atom is 0.492 e. The Morgan fingerprint density at radius 3 is 2.19 bits per heavy atom. The molecule has 0 atom stereocenters. The van der Waals surface area contributed by atoms with Crippen LogP contribution in [0.1, 0.15) is 50.3 Å². The van der Waals surface area contributed by atoms with Gasteiger partial charge in [0.25, 0.3) is 0 Å². The molecule has 1 aliphatic carbocycles. The predicted octanol–water partition coefficient (Wildman–Crippen LogP) is 6.29. The van der Waals surface area contributed by atoms with Crippen molar-refractivity contribution in [3.8, 4) is 11.1 Å². The van der Waals surface area contributed by atoms with E-state index in [2.05, 4.69) is 34.6 Å². The van der Waals surface area contributed by atoms with E-state index in [9.17, 15) is 4.79 Å².